The molecule has 0 aliphatic rings. The number of nitrogens with zero attached hydrogens (tertiary/aromatic N) is 3. The van der Waals surface area contributed by atoms with E-state index in [1.54, 1.807) is 12.1 Å². The summed E-state index contributed by atoms with van der Waals surface area (Å²) in [5, 5.41) is 9.28. The Bertz CT molecular complexity index is 750. The zero-order chi connectivity index (χ0) is 14.8. The molecule has 0 amide bonds. The van der Waals surface area contributed by atoms with Crippen LogP contribution in [-0.2, 0) is 5.75 Å². The topological polar surface area (TPSA) is 65.0 Å². The molecule has 3 aromatic rings. The van der Waals surface area contributed by atoms with Crippen LogP contribution in [-0.4, -0.2) is 15.2 Å². The van der Waals surface area contributed by atoms with E-state index in [4.69, 9.17) is 20.4 Å². The van der Waals surface area contributed by atoms with Gasteiger partial charge in [-0.05, 0) is 32.0 Å². The minimum absolute atomic E-state index is 0.452. The molecule has 0 spiro atoms. The largest absolute Gasteiger partial charge is 0.437 e. The number of aromatic nitrogens is 3. The van der Waals surface area contributed by atoms with Crippen LogP contribution in [0.25, 0.3) is 11.5 Å². The van der Waals surface area contributed by atoms with Crippen LogP contribution in [0.2, 0.25) is 5.02 Å². The molecule has 0 aliphatic heterocycles. The van der Waals surface area contributed by atoms with Crippen LogP contribution in [0.3, 0.4) is 0 Å². The van der Waals surface area contributed by atoms with Gasteiger partial charge in [-0.25, -0.2) is 4.98 Å². The summed E-state index contributed by atoms with van der Waals surface area (Å²) in [7, 11) is 0. The first-order valence-electron chi connectivity index (χ1n) is 6.27. The van der Waals surface area contributed by atoms with Crippen molar-refractivity contribution in [2.75, 3.05) is 0 Å². The lowest BCUT2D eigenvalue weighted by molar-refractivity contribution is 0.430. The molecule has 5 nitrogen and oxygen atoms in total. The maximum Gasteiger partial charge on any atom is 0.256 e. The van der Waals surface area contributed by atoms with E-state index in [-0.39, 0.29) is 0 Å². The Hall–Kier alpha value is -1.79. The van der Waals surface area contributed by atoms with E-state index in [0.29, 0.717) is 27.8 Å². The number of hydrogen-bond acceptors (Lipinski definition) is 6. The predicted octanol–water partition coefficient (Wildman–Crippen LogP) is 4.29. The summed E-state index contributed by atoms with van der Waals surface area (Å²) >= 11 is 7.37. The summed E-state index contributed by atoms with van der Waals surface area (Å²) in [4.78, 5) is 4.29. The maximum absolute atomic E-state index is 5.95. The molecule has 0 aliphatic carbocycles. The van der Waals surface area contributed by atoms with Gasteiger partial charge in [-0.3, -0.25) is 0 Å². The van der Waals surface area contributed by atoms with Crippen LogP contribution in [0.4, 0.5) is 0 Å². The summed E-state index contributed by atoms with van der Waals surface area (Å²) in [6, 6.07) is 7.30. The molecule has 7 heteroatoms. The molecule has 0 radical (unpaired) electrons. The standard InChI is InChI=1S/C14H12ClN3O2S/c1-8-9(2)19-14(16-8)21-7-12-17-18-13(20-12)10-4-3-5-11(15)6-10/h3-6H,7H2,1-2H3. The van der Waals surface area contributed by atoms with E-state index < -0.39 is 0 Å². The fourth-order valence-corrected chi connectivity index (χ4v) is 2.62. The summed E-state index contributed by atoms with van der Waals surface area (Å²) in [6.45, 7) is 3.79. The maximum atomic E-state index is 5.95. The number of benzene rings is 1. The lowest BCUT2D eigenvalue weighted by Crippen LogP contribution is -1.80. The molecule has 0 bridgehead atoms. The summed E-state index contributed by atoms with van der Waals surface area (Å²) < 4.78 is 11.1. The molecule has 0 fully saturated rings. The van der Waals surface area contributed by atoms with E-state index in [0.717, 1.165) is 17.0 Å². The van der Waals surface area contributed by atoms with Gasteiger partial charge in [0.2, 0.25) is 11.8 Å². The minimum atomic E-state index is 0.452. The monoisotopic (exact) mass is 321 g/mol. The van der Waals surface area contributed by atoms with Crippen molar-refractivity contribution in [1.82, 2.24) is 15.2 Å². The SMILES string of the molecule is Cc1nc(SCc2nnc(-c3cccc(Cl)c3)o2)oc1C. The molecular weight excluding hydrogens is 310 g/mol. The zero-order valence-corrected chi connectivity index (χ0v) is 13.0. The van der Waals surface area contributed by atoms with Crippen molar-refractivity contribution >= 4 is 23.4 Å². The van der Waals surface area contributed by atoms with Crippen molar-refractivity contribution in [3.05, 3.63) is 46.6 Å². The van der Waals surface area contributed by atoms with Gasteiger partial charge in [-0.1, -0.05) is 29.4 Å². The Kier molecular flexibility index (Phi) is 3.98. The highest BCUT2D eigenvalue weighted by molar-refractivity contribution is 7.98. The second kappa shape index (κ2) is 5.91. The number of oxazole rings is 1. The first-order chi connectivity index (χ1) is 10.1. The first-order valence-corrected chi connectivity index (χ1v) is 7.63. The van der Waals surface area contributed by atoms with Crippen LogP contribution in [0.1, 0.15) is 17.3 Å². The molecule has 2 heterocycles. The van der Waals surface area contributed by atoms with E-state index in [9.17, 15) is 0 Å². The lowest BCUT2D eigenvalue weighted by Gasteiger charge is -1.95. The van der Waals surface area contributed by atoms with E-state index in [1.165, 1.54) is 11.8 Å². The number of halogens is 1. The number of hydrogen-bond donors (Lipinski definition) is 0. The fourth-order valence-electron chi connectivity index (χ4n) is 1.68. The molecule has 2 aromatic heterocycles. The molecule has 108 valence electrons. The predicted molar refractivity (Wildman–Crippen MR) is 80.3 cm³/mol. The molecule has 0 atom stereocenters. The average Bonchev–Trinajstić information content (AvgIpc) is 3.04. The number of aryl methyl sites for hydroxylation is 2. The summed E-state index contributed by atoms with van der Waals surface area (Å²) in [5.41, 5.74) is 1.69. The third-order valence-corrected chi connectivity index (χ3v) is 3.91. The van der Waals surface area contributed by atoms with Gasteiger partial charge < -0.3 is 8.83 Å². The van der Waals surface area contributed by atoms with Gasteiger partial charge in [0.1, 0.15) is 5.76 Å². The Morgan fingerprint density at radius 2 is 2.05 bits per heavy atom. The summed E-state index contributed by atoms with van der Waals surface area (Å²) in [5.74, 6) is 2.30. The Morgan fingerprint density at radius 3 is 2.76 bits per heavy atom. The Balaban J connectivity index is 1.70. The van der Waals surface area contributed by atoms with Crippen molar-refractivity contribution in [2.45, 2.75) is 24.8 Å². The quantitative estimate of drug-likeness (QED) is 0.668. The van der Waals surface area contributed by atoms with Crippen molar-refractivity contribution in [2.24, 2.45) is 0 Å². The second-order valence-electron chi connectivity index (χ2n) is 4.42. The van der Waals surface area contributed by atoms with Crippen LogP contribution >= 0.6 is 23.4 Å². The van der Waals surface area contributed by atoms with E-state index >= 15 is 0 Å². The molecule has 1 aromatic carbocycles. The minimum Gasteiger partial charge on any atom is -0.437 e. The lowest BCUT2D eigenvalue weighted by atomic mass is 10.2. The van der Waals surface area contributed by atoms with Gasteiger partial charge in [0.15, 0.2) is 0 Å². The molecule has 0 saturated heterocycles. The van der Waals surface area contributed by atoms with Gasteiger partial charge in [-0.2, -0.15) is 0 Å². The second-order valence-corrected chi connectivity index (χ2v) is 5.78. The molecule has 0 N–H and O–H groups in total. The van der Waals surface area contributed by atoms with Gasteiger partial charge >= 0.3 is 0 Å². The van der Waals surface area contributed by atoms with Crippen molar-refractivity contribution in [3.8, 4) is 11.5 Å². The van der Waals surface area contributed by atoms with E-state index in [2.05, 4.69) is 15.2 Å². The normalized spacial score (nSPS) is 11.0. The van der Waals surface area contributed by atoms with Gasteiger partial charge in [0, 0.05) is 10.6 Å². The van der Waals surface area contributed by atoms with Crippen LogP contribution < -0.4 is 0 Å². The first kappa shape index (κ1) is 14.2. The highest BCUT2D eigenvalue weighted by atomic mass is 35.5. The van der Waals surface area contributed by atoms with Crippen molar-refractivity contribution in [3.63, 3.8) is 0 Å². The van der Waals surface area contributed by atoms with Crippen molar-refractivity contribution < 1.29 is 8.83 Å². The molecule has 0 saturated carbocycles. The smallest absolute Gasteiger partial charge is 0.256 e. The Morgan fingerprint density at radius 1 is 1.19 bits per heavy atom. The number of thioether (sulfide) groups is 1. The van der Waals surface area contributed by atoms with Crippen LogP contribution in [0.15, 0.2) is 38.3 Å². The fraction of sp³-hybridized carbons (Fsp3) is 0.214. The molecule has 3 rings (SSSR count). The van der Waals surface area contributed by atoms with E-state index in [1.807, 2.05) is 26.0 Å². The van der Waals surface area contributed by atoms with Gasteiger partial charge in [-0.15, -0.1) is 10.2 Å². The number of rotatable bonds is 4. The highest BCUT2D eigenvalue weighted by Gasteiger charge is 2.12. The molecule has 21 heavy (non-hydrogen) atoms. The third-order valence-electron chi connectivity index (χ3n) is 2.87. The Labute approximate surface area is 130 Å². The molecule has 0 unspecified atom stereocenters. The van der Waals surface area contributed by atoms with Crippen LogP contribution in [0.5, 0.6) is 0 Å². The highest BCUT2D eigenvalue weighted by Crippen LogP contribution is 2.26. The summed E-state index contributed by atoms with van der Waals surface area (Å²) in [6.07, 6.45) is 0. The van der Waals surface area contributed by atoms with Gasteiger partial charge in [0.05, 0.1) is 11.4 Å². The van der Waals surface area contributed by atoms with Gasteiger partial charge in [0.25, 0.3) is 5.22 Å². The zero-order valence-electron chi connectivity index (χ0n) is 11.5. The van der Waals surface area contributed by atoms with Crippen LogP contribution in [0, 0.1) is 13.8 Å². The van der Waals surface area contributed by atoms with Crippen molar-refractivity contribution in [1.29, 1.82) is 0 Å². The third kappa shape index (κ3) is 3.28. The average molecular weight is 322 g/mol. The molecular formula is C14H12ClN3O2S.